The van der Waals surface area contributed by atoms with Gasteiger partial charge in [0.1, 0.15) is 0 Å². The lowest BCUT2D eigenvalue weighted by Gasteiger charge is -2.42. The van der Waals surface area contributed by atoms with Crippen molar-refractivity contribution in [3.05, 3.63) is 0 Å². The maximum atomic E-state index is 13.0. The van der Waals surface area contributed by atoms with Gasteiger partial charge in [-0.15, -0.1) is 0 Å². The predicted octanol–water partition coefficient (Wildman–Crippen LogP) is 6.08. The minimum Gasteiger partial charge on any atom is -0.743 e. The van der Waals surface area contributed by atoms with Gasteiger partial charge in [-0.25, -0.2) is 12.8 Å². The Morgan fingerprint density at radius 2 is 0.865 bits per heavy atom. The van der Waals surface area contributed by atoms with Crippen molar-refractivity contribution in [2.75, 3.05) is 26.2 Å². The van der Waals surface area contributed by atoms with Crippen molar-refractivity contribution in [1.82, 2.24) is 0 Å². The van der Waals surface area contributed by atoms with E-state index in [1.165, 1.54) is 30.7 Å². The first-order chi connectivity index (χ1) is 15.9. The van der Waals surface area contributed by atoms with Gasteiger partial charge in [0.25, 0.3) is 6.17 Å². The summed E-state index contributed by atoms with van der Waals surface area (Å²) in [5.41, 5.74) is 0. The van der Waals surface area contributed by atoms with E-state index in [9.17, 15) is 83.2 Å². The molecule has 0 bridgehead atoms. The lowest BCUT2D eigenvalue weighted by Crippen LogP contribution is -2.73. The summed E-state index contributed by atoms with van der Waals surface area (Å²) in [7, 11) is -8.06. The van der Waals surface area contributed by atoms with E-state index >= 15 is 0 Å². The van der Waals surface area contributed by atoms with Gasteiger partial charge in [0.15, 0.2) is 10.1 Å². The zero-order valence-electron chi connectivity index (χ0n) is 19.0. The summed E-state index contributed by atoms with van der Waals surface area (Å²) in [5, 5.41) is -7.85. The van der Waals surface area contributed by atoms with Crippen molar-refractivity contribution < 1.29 is 87.7 Å². The van der Waals surface area contributed by atoms with Crippen LogP contribution in [0.25, 0.3) is 0 Å². The van der Waals surface area contributed by atoms with Crippen molar-refractivity contribution in [1.29, 1.82) is 0 Å². The standard InChI is InChI=1S/C8H2F16O3S.C8H20N/c9-1(3(12,13)14)2(10,11)4(15,16)5(17,18)6(19,20)7(21,22)8(23,24)28(25,26)27;1-5-9(6-2,7-3)8-4/h1H,(H,25,26,27);5-8H2,1-4H3/q;+1/p-1. The smallest absolute Gasteiger partial charge is 0.425 e. The Kier molecular flexibility index (Phi) is 11.4. The van der Waals surface area contributed by atoms with Crippen LogP contribution in [-0.4, -0.2) is 90.8 Å². The van der Waals surface area contributed by atoms with Crippen LogP contribution in [-0.2, 0) is 10.1 Å². The highest BCUT2D eigenvalue weighted by atomic mass is 32.2. The molecule has 0 radical (unpaired) electrons. The molecule has 0 aromatic carbocycles. The van der Waals surface area contributed by atoms with Gasteiger partial charge in [-0.05, 0) is 27.7 Å². The monoisotopic (exact) mass is 611 g/mol. The normalized spacial score (nSPS) is 16.2. The molecule has 0 N–H and O–H groups in total. The first-order valence-electron chi connectivity index (χ1n) is 9.68. The first-order valence-corrected chi connectivity index (χ1v) is 11.1. The van der Waals surface area contributed by atoms with Crippen LogP contribution < -0.4 is 0 Å². The third kappa shape index (κ3) is 6.33. The van der Waals surface area contributed by atoms with E-state index in [2.05, 4.69) is 27.7 Å². The topological polar surface area (TPSA) is 57.2 Å². The van der Waals surface area contributed by atoms with Crippen LogP contribution in [0.4, 0.5) is 70.2 Å². The highest BCUT2D eigenvalue weighted by Crippen LogP contribution is 2.62. The average molecular weight is 611 g/mol. The van der Waals surface area contributed by atoms with Gasteiger partial charge in [0.2, 0.25) is 0 Å². The van der Waals surface area contributed by atoms with E-state index in [0.717, 1.165) is 0 Å². The van der Waals surface area contributed by atoms with Crippen LogP contribution in [0.2, 0.25) is 0 Å². The molecule has 0 heterocycles. The van der Waals surface area contributed by atoms with Crippen molar-refractivity contribution in [3.63, 3.8) is 0 Å². The molecule has 0 amide bonds. The molecule has 1 atom stereocenters. The molecule has 0 fully saturated rings. The highest BCUT2D eigenvalue weighted by molar-refractivity contribution is 7.86. The summed E-state index contributed by atoms with van der Waals surface area (Å²) < 4.78 is 233. The summed E-state index contributed by atoms with van der Waals surface area (Å²) in [6.45, 7) is 14.2. The second-order valence-corrected chi connectivity index (χ2v) is 8.82. The molecular formula is C16H21F16NO3S. The lowest BCUT2D eigenvalue weighted by atomic mass is 9.92. The summed E-state index contributed by atoms with van der Waals surface area (Å²) in [6, 6.07) is 0. The Bertz CT molecular complexity index is 835. The van der Waals surface area contributed by atoms with Crippen LogP contribution in [0.3, 0.4) is 0 Å². The number of alkyl halides is 16. The van der Waals surface area contributed by atoms with E-state index in [-0.39, 0.29) is 0 Å². The molecular weight excluding hydrogens is 590 g/mol. The summed E-state index contributed by atoms with van der Waals surface area (Å²) in [6.07, 6.45) is -13.6. The van der Waals surface area contributed by atoms with E-state index in [0.29, 0.717) is 0 Å². The minimum absolute atomic E-state index is 1.28. The molecule has 0 aliphatic rings. The van der Waals surface area contributed by atoms with Crippen LogP contribution in [0.1, 0.15) is 27.7 Å². The molecule has 0 aliphatic heterocycles. The summed E-state index contributed by atoms with van der Waals surface area (Å²) in [5.74, 6) is -42.1. The van der Waals surface area contributed by atoms with Crippen LogP contribution >= 0.6 is 0 Å². The Labute approximate surface area is 199 Å². The number of hydrogen-bond acceptors (Lipinski definition) is 3. The van der Waals surface area contributed by atoms with Gasteiger partial charge in [0, 0.05) is 0 Å². The summed E-state index contributed by atoms with van der Waals surface area (Å²) in [4.78, 5) is 0. The van der Waals surface area contributed by atoms with Crippen LogP contribution in [0, 0.1) is 0 Å². The minimum atomic E-state index is -8.66. The molecule has 21 heteroatoms. The molecule has 226 valence electrons. The maximum Gasteiger partial charge on any atom is 0.425 e. The van der Waals surface area contributed by atoms with E-state index in [1.807, 2.05) is 0 Å². The summed E-state index contributed by atoms with van der Waals surface area (Å²) >= 11 is 0. The Hall–Kier alpha value is -1.25. The number of rotatable bonds is 11. The number of quaternary nitrogens is 1. The fourth-order valence-electron chi connectivity index (χ4n) is 2.65. The molecule has 0 aromatic heterocycles. The van der Waals surface area contributed by atoms with Gasteiger partial charge in [-0.2, -0.15) is 65.9 Å². The molecule has 37 heavy (non-hydrogen) atoms. The quantitative estimate of drug-likeness (QED) is 0.162. The Balaban J connectivity index is 0. The van der Waals surface area contributed by atoms with Crippen molar-refractivity contribution in [2.24, 2.45) is 0 Å². The molecule has 1 unspecified atom stereocenters. The number of halogens is 16. The van der Waals surface area contributed by atoms with Gasteiger partial charge < -0.3 is 9.04 Å². The highest BCUT2D eigenvalue weighted by Gasteiger charge is 2.92. The molecule has 0 saturated heterocycles. The number of hydrogen-bond donors (Lipinski definition) is 0. The third-order valence-corrected chi connectivity index (χ3v) is 6.45. The Morgan fingerprint density at radius 3 is 1.05 bits per heavy atom. The zero-order valence-corrected chi connectivity index (χ0v) is 19.8. The van der Waals surface area contributed by atoms with Crippen LogP contribution in [0.15, 0.2) is 0 Å². The van der Waals surface area contributed by atoms with E-state index in [1.54, 1.807) is 0 Å². The van der Waals surface area contributed by atoms with Crippen molar-refractivity contribution in [2.45, 2.75) is 74.9 Å². The molecule has 0 spiro atoms. The SMILES string of the molecule is CC[N+](CC)(CC)CC.O=S(=O)([O-])C(F)(F)C(F)(F)C(F)(F)C(F)(F)C(F)(F)C(F)(F)C(F)C(F)(F)F. The van der Waals surface area contributed by atoms with Gasteiger partial charge in [-0.3, -0.25) is 0 Å². The molecule has 0 rings (SSSR count). The largest absolute Gasteiger partial charge is 0.743 e. The average Bonchev–Trinajstić information content (AvgIpc) is 2.73. The Morgan fingerprint density at radius 1 is 0.595 bits per heavy atom. The zero-order chi connectivity index (χ0) is 30.9. The van der Waals surface area contributed by atoms with Gasteiger partial charge >= 0.3 is 41.0 Å². The lowest BCUT2D eigenvalue weighted by molar-refractivity contribution is -0.921. The fourth-order valence-corrected chi connectivity index (χ4v) is 3.09. The molecule has 0 aliphatic carbocycles. The van der Waals surface area contributed by atoms with Gasteiger partial charge in [-0.1, -0.05) is 0 Å². The molecule has 0 aromatic rings. The van der Waals surface area contributed by atoms with Crippen LogP contribution in [0.5, 0.6) is 0 Å². The van der Waals surface area contributed by atoms with E-state index < -0.39 is 57.3 Å². The maximum absolute atomic E-state index is 13.0. The van der Waals surface area contributed by atoms with Crippen molar-refractivity contribution in [3.8, 4) is 0 Å². The second kappa shape index (κ2) is 11.1. The predicted molar refractivity (Wildman–Crippen MR) is 92.8 cm³/mol. The molecule has 0 saturated carbocycles. The van der Waals surface area contributed by atoms with E-state index in [4.69, 9.17) is 0 Å². The second-order valence-electron chi connectivity index (χ2n) is 7.40. The van der Waals surface area contributed by atoms with Gasteiger partial charge in [0.05, 0.1) is 26.2 Å². The molecule has 4 nitrogen and oxygen atoms in total. The first kappa shape index (κ1) is 37.9. The number of nitrogens with zero attached hydrogens (tertiary/aromatic N) is 1. The van der Waals surface area contributed by atoms with Crippen molar-refractivity contribution >= 4 is 10.1 Å². The fraction of sp³-hybridized carbons (Fsp3) is 1.00. The third-order valence-electron chi connectivity index (χ3n) is 5.57.